The molecule has 1 aliphatic rings. The lowest BCUT2D eigenvalue weighted by Gasteiger charge is -2.25. The highest BCUT2D eigenvalue weighted by Crippen LogP contribution is 2.48. The summed E-state index contributed by atoms with van der Waals surface area (Å²) in [6, 6.07) is 11.5. The van der Waals surface area contributed by atoms with E-state index in [4.69, 9.17) is 29.7 Å². The van der Waals surface area contributed by atoms with Gasteiger partial charge in [0.15, 0.2) is 0 Å². The van der Waals surface area contributed by atoms with E-state index in [1.807, 2.05) is 13.8 Å². The molecule has 28 heavy (non-hydrogen) atoms. The summed E-state index contributed by atoms with van der Waals surface area (Å²) in [7, 11) is 0. The lowest BCUT2D eigenvalue weighted by Crippen LogP contribution is -2.31. The Bertz CT molecular complexity index is 1010. The van der Waals surface area contributed by atoms with Crippen molar-refractivity contribution >= 4 is 40.1 Å². The third-order valence-electron chi connectivity index (χ3n) is 4.86. The fourth-order valence-corrected chi connectivity index (χ4v) is 4.43. The molecule has 144 valence electrons. The van der Waals surface area contributed by atoms with E-state index in [2.05, 4.69) is 0 Å². The summed E-state index contributed by atoms with van der Waals surface area (Å²) in [6.07, 6.45) is -4.67. The van der Waals surface area contributed by atoms with Crippen LogP contribution < -0.4 is 4.90 Å². The molecular weight excluding hydrogens is 405 g/mol. The molecule has 1 heterocycles. The maximum absolute atomic E-state index is 13.4. The summed E-state index contributed by atoms with van der Waals surface area (Å²) in [5.41, 5.74) is -1.13. The van der Waals surface area contributed by atoms with Crippen molar-refractivity contribution in [3.05, 3.63) is 59.2 Å². The molecule has 0 spiro atoms. The molecule has 3 rings (SSSR count). The second-order valence-corrected chi connectivity index (χ2v) is 7.87. The van der Waals surface area contributed by atoms with Crippen LogP contribution in [0.1, 0.15) is 36.5 Å². The Balaban J connectivity index is 2.11. The zero-order valence-electron chi connectivity index (χ0n) is 14.9. The van der Waals surface area contributed by atoms with Gasteiger partial charge in [0.1, 0.15) is 5.75 Å². The van der Waals surface area contributed by atoms with E-state index in [0.29, 0.717) is 9.98 Å². The Kier molecular flexibility index (Phi) is 4.94. The second-order valence-electron chi connectivity index (χ2n) is 7.06. The predicted molar refractivity (Wildman–Crippen MR) is 108 cm³/mol. The molecule has 1 saturated heterocycles. The summed E-state index contributed by atoms with van der Waals surface area (Å²) in [5, 5.41) is 18.5. The van der Waals surface area contributed by atoms with Crippen LogP contribution in [0.3, 0.4) is 0 Å². The number of anilines is 1. The number of halogens is 3. The van der Waals surface area contributed by atoms with Crippen LogP contribution >= 0.6 is 24.4 Å². The Labute approximate surface area is 171 Å². The van der Waals surface area contributed by atoms with E-state index in [1.165, 1.54) is 23.1 Å². The largest absolute Gasteiger partial charge is 0.508 e. The average Bonchev–Trinajstić information content (AvgIpc) is 2.79. The molecule has 0 saturated carbocycles. The summed E-state index contributed by atoms with van der Waals surface area (Å²) >= 11 is 11.2. The Morgan fingerprint density at radius 1 is 1.11 bits per heavy atom. The van der Waals surface area contributed by atoms with Crippen molar-refractivity contribution in [1.29, 1.82) is 5.26 Å². The highest BCUT2D eigenvalue weighted by atomic mass is 32.1. The summed E-state index contributed by atoms with van der Waals surface area (Å²) in [5.74, 6) is -0.243. The van der Waals surface area contributed by atoms with Crippen LogP contribution in [0, 0.1) is 16.7 Å². The van der Waals surface area contributed by atoms with Crippen LogP contribution in [0.5, 0.6) is 5.75 Å². The van der Waals surface area contributed by atoms with E-state index in [1.54, 1.807) is 18.2 Å². The van der Waals surface area contributed by atoms with Gasteiger partial charge in [0, 0.05) is 17.0 Å². The molecule has 1 N–H and O–H groups in total. The van der Waals surface area contributed by atoms with E-state index in [0.717, 1.165) is 17.7 Å². The van der Waals surface area contributed by atoms with Crippen molar-refractivity contribution in [2.45, 2.75) is 25.9 Å². The zero-order chi connectivity index (χ0) is 20.9. The molecule has 1 unspecified atom stereocenters. The molecule has 1 aliphatic heterocycles. The number of phenolic OH excluding ortho intramolecular Hbond substituents is 1. The molecule has 2 aromatic rings. The highest BCUT2D eigenvalue weighted by molar-refractivity contribution is 7.83. The van der Waals surface area contributed by atoms with Gasteiger partial charge in [-0.25, -0.2) is 0 Å². The highest BCUT2D eigenvalue weighted by Gasteiger charge is 2.49. The smallest absolute Gasteiger partial charge is 0.417 e. The molecule has 1 fully saturated rings. The fourth-order valence-electron chi connectivity index (χ4n) is 3.42. The standard InChI is InChI=1S/C20H15F3N2OS2/c1-19(2)16(11-4-7-14(26)8-5-11)17(27)25(18(19)28)13-6-3-12(10-24)15(9-13)20(21,22)23/h3-9,16,26H,1-2H3. The zero-order valence-corrected chi connectivity index (χ0v) is 16.5. The van der Waals surface area contributed by atoms with Crippen LogP contribution in [0.25, 0.3) is 0 Å². The number of nitrogens with zero attached hydrogens (tertiary/aromatic N) is 2. The molecule has 0 aliphatic carbocycles. The topological polar surface area (TPSA) is 47.3 Å². The van der Waals surface area contributed by atoms with Gasteiger partial charge < -0.3 is 5.11 Å². The molecule has 8 heteroatoms. The van der Waals surface area contributed by atoms with E-state index in [9.17, 15) is 18.3 Å². The first-order chi connectivity index (χ1) is 13.0. The van der Waals surface area contributed by atoms with Crippen LogP contribution in [0.4, 0.5) is 18.9 Å². The first-order valence-electron chi connectivity index (χ1n) is 8.27. The Morgan fingerprint density at radius 3 is 2.25 bits per heavy atom. The minimum Gasteiger partial charge on any atom is -0.508 e. The van der Waals surface area contributed by atoms with Gasteiger partial charge >= 0.3 is 6.18 Å². The Hall–Kier alpha value is -2.50. The Morgan fingerprint density at radius 2 is 1.71 bits per heavy atom. The van der Waals surface area contributed by atoms with Crippen LogP contribution in [-0.4, -0.2) is 15.1 Å². The molecule has 0 radical (unpaired) electrons. The molecule has 2 aromatic carbocycles. The first kappa shape index (κ1) is 20.2. The van der Waals surface area contributed by atoms with Crippen LogP contribution in [0.15, 0.2) is 42.5 Å². The average molecular weight is 420 g/mol. The van der Waals surface area contributed by atoms with Crippen LogP contribution in [-0.2, 0) is 6.18 Å². The number of nitriles is 1. The maximum atomic E-state index is 13.4. The first-order valence-corrected chi connectivity index (χ1v) is 9.09. The molecule has 1 atom stereocenters. The molecule has 3 nitrogen and oxygen atoms in total. The van der Waals surface area contributed by atoms with Gasteiger partial charge in [-0.15, -0.1) is 0 Å². The quantitative estimate of drug-likeness (QED) is 0.644. The molecule has 0 bridgehead atoms. The molecular formula is C20H15F3N2OS2. The van der Waals surface area contributed by atoms with Gasteiger partial charge in [-0.1, -0.05) is 50.4 Å². The summed E-state index contributed by atoms with van der Waals surface area (Å²) < 4.78 is 40.1. The number of rotatable bonds is 2. The van der Waals surface area contributed by atoms with Crippen molar-refractivity contribution in [2.24, 2.45) is 5.41 Å². The molecule has 0 amide bonds. The minimum absolute atomic E-state index is 0.104. The van der Waals surface area contributed by atoms with Crippen molar-refractivity contribution in [3.63, 3.8) is 0 Å². The maximum Gasteiger partial charge on any atom is 0.417 e. The normalized spacial score (nSPS) is 19.0. The van der Waals surface area contributed by atoms with Crippen LogP contribution in [0.2, 0.25) is 0 Å². The number of phenols is 1. The van der Waals surface area contributed by atoms with E-state index >= 15 is 0 Å². The van der Waals surface area contributed by atoms with E-state index in [-0.39, 0.29) is 17.4 Å². The van der Waals surface area contributed by atoms with Gasteiger partial charge in [-0.3, -0.25) is 4.90 Å². The number of thiocarbonyl (C=S) groups is 2. The van der Waals surface area contributed by atoms with Crippen molar-refractivity contribution < 1.29 is 18.3 Å². The van der Waals surface area contributed by atoms with Crippen molar-refractivity contribution in [2.75, 3.05) is 4.90 Å². The minimum atomic E-state index is -4.67. The predicted octanol–water partition coefficient (Wildman–Crippen LogP) is 5.57. The second kappa shape index (κ2) is 6.83. The number of hydrogen-bond acceptors (Lipinski definition) is 4. The third kappa shape index (κ3) is 3.25. The van der Waals surface area contributed by atoms with E-state index < -0.39 is 22.7 Å². The fraction of sp³-hybridized carbons (Fsp3) is 0.250. The SMILES string of the molecule is CC1(C)C(=S)N(c2ccc(C#N)c(C(F)(F)F)c2)C(=S)C1c1ccc(O)cc1. The van der Waals surface area contributed by atoms with Gasteiger partial charge in [0.25, 0.3) is 0 Å². The number of hydrogen-bond donors (Lipinski definition) is 1. The van der Waals surface area contributed by atoms with Gasteiger partial charge in [-0.05, 0) is 35.9 Å². The third-order valence-corrected chi connectivity index (χ3v) is 5.98. The monoisotopic (exact) mass is 420 g/mol. The number of benzene rings is 2. The van der Waals surface area contributed by atoms with Crippen molar-refractivity contribution in [3.8, 4) is 11.8 Å². The lowest BCUT2D eigenvalue weighted by atomic mass is 9.77. The number of aromatic hydroxyl groups is 1. The molecule has 0 aromatic heterocycles. The lowest BCUT2D eigenvalue weighted by molar-refractivity contribution is -0.137. The summed E-state index contributed by atoms with van der Waals surface area (Å²) in [6.45, 7) is 3.76. The van der Waals surface area contributed by atoms with Crippen molar-refractivity contribution in [1.82, 2.24) is 0 Å². The van der Waals surface area contributed by atoms with Gasteiger partial charge in [0.2, 0.25) is 0 Å². The van der Waals surface area contributed by atoms with Gasteiger partial charge in [0.05, 0.1) is 27.2 Å². The van der Waals surface area contributed by atoms with Gasteiger partial charge in [-0.2, -0.15) is 18.4 Å². The summed E-state index contributed by atoms with van der Waals surface area (Å²) in [4.78, 5) is 2.24. The number of alkyl halides is 3.